The van der Waals surface area contributed by atoms with Crippen molar-refractivity contribution in [2.24, 2.45) is 0 Å². The number of rotatable bonds is 5. The van der Waals surface area contributed by atoms with Crippen LogP contribution in [0.3, 0.4) is 0 Å². The number of hydrogen-bond donors (Lipinski definition) is 1. The fraction of sp³-hybridized carbons (Fsp3) is 0.214. The minimum Gasteiger partial charge on any atom is -0.437 e. The van der Waals surface area contributed by atoms with Crippen LogP contribution in [0.1, 0.15) is 12.5 Å². The molecular weight excluding hydrogens is 302 g/mol. The highest BCUT2D eigenvalue weighted by atomic mass is 35.5. The van der Waals surface area contributed by atoms with E-state index in [0.29, 0.717) is 17.3 Å². The maximum atomic E-state index is 13.3. The van der Waals surface area contributed by atoms with Gasteiger partial charge in [0, 0.05) is 18.8 Å². The molecule has 1 aromatic heterocycles. The molecule has 0 aliphatic carbocycles. The Morgan fingerprint density at radius 2 is 2.05 bits per heavy atom. The predicted octanol–water partition coefficient (Wildman–Crippen LogP) is 4.43. The number of halogens is 3. The van der Waals surface area contributed by atoms with E-state index in [-0.39, 0.29) is 10.9 Å². The van der Waals surface area contributed by atoms with Gasteiger partial charge in [0.05, 0.1) is 5.02 Å². The molecule has 1 aromatic carbocycles. The van der Waals surface area contributed by atoms with Crippen LogP contribution in [0.15, 0.2) is 30.5 Å². The molecule has 0 unspecified atom stereocenters. The minimum absolute atomic E-state index is 0.0393. The molecule has 6 heteroatoms. The van der Waals surface area contributed by atoms with E-state index in [1.165, 1.54) is 12.1 Å². The summed E-state index contributed by atoms with van der Waals surface area (Å²) in [5, 5.41) is 3.58. The summed E-state index contributed by atoms with van der Waals surface area (Å²) < 4.78 is 18.8. The molecule has 1 N–H and O–H groups in total. The van der Waals surface area contributed by atoms with Gasteiger partial charge in [0.15, 0.2) is 0 Å². The third kappa shape index (κ3) is 3.82. The lowest BCUT2D eigenvalue weighted by Gasteiger charge is -2.08. The summed E-state index contributed by atoms with van der Waals surface area (Å²) in [5.41, 5.74) is 0.950. The molecule has 0 amide bonds. The quantitative estimate of drug-likeness (QED) is 0.886. The van der Waals surface area contributed by atoms with Crippen LogP contribution in [0.5, 0.6) is 11.6 Å². The monoisotopic (exact) mass is 314 g/mol. The van der Waals surface area contributed by atoms with Crippen LogP contribution in [0, 0.1) is 5.82 Å². The second-order valence-electron chi connectivity index (χ2n) is 4.09. The maximum absolute atomic E-state index is 13.3. The van der Waals surface area contributed by atoms with Gasteiger partial charge in [-0.2, -0.15) is 0 Å². The molecule has 0 aliphatic rings. The highest BCUT2D eigenvalue weighted by Crippen LogP contribution is 2.29. The smallest absolute Gasteiger partial charge is 0.238 e. The van der Waals surface area contributed by atoms with Crippen LogP contribution in [0.4, 0.5) is 4.39 Å². The van der Waals surface area contributed by atoms with E-state index in [1.54, 1.807) is 18.3 Å². The van der Waals surface area contributed by atoms with Crippen molar-refractivity contribution in [2.75, 3.05) is 6.54 Å². The van der Waals surface area contributed by atoms with Crippen LogP contribution < -0.4 is 10.1 Å². The largest absolute Gasteiger partial charge is 0.437 e. The summed E-state index contributed by atoms with van der Waals surface area (Å²) in [7, 11) is 0. The van der Waals surface area contributed by atoms with E-state index in [9.17, 15) is 4.39 Å². The summed E-state index contributed by atoms with van der Waals surface area (Å²) in [5.74, 6) is -0.0292. The Kier molecular flexibility index (Phi) is 5.17. The highest BCUT2D eigenvalue weighted by molar-refractivity contribution is 6.32. The minimum atomic E-state index is -0.552. The van der Waals surface area contributed by atoms with Crippen molar-refractivity contribution in [2.45, 2.75) is 13.5 Å². The van der Waals surface area contributed by atoms with E-state index in [4.69, 9.17) is 27.9 Å². The van der Waals surface area contributed by atoms with Gasteiger partial charge in [-0.25, -0.2) is 9.37 Å². The number of pyridine rings is 1. The van der Waals surface area contributed by atoms with Crippen LogP contribution in [-0.2, 0) is 6.54 Å². The Morgan fingerprint density at radius 1 is 1.25 bits per heavy atom. The fourth-order valence-electron chi connectivity index (χ4n) is 1.56. The number of hydrogen-bond acceptors (Lipinski definition) is 3. The van der Waals surface area contributed by atoms with Crippen LogP contribution in [-0.4, -0.2) is 11.5 Å². The van der Waals surface area contributed by atoms with Gasteiger partial charge in [-0.15, -0.1) is 0 Å². The number of nitrogens with one attached hydrogen (secondary N) is 1. The third-order valence-electron chi connectivity index (χ3n) is 2.55. The zero-order chi connectivity index (χ0) is 14.5. The van der Waals surface area contributed by atoms with Crippen molar-refractivity contribution >= 4 is 23.2 Å². The second-order valence-corrected chi connectivity index (χ2v) is 4.90. The van der Waals surface area contributed by atoms with Gasteiger partial charge in [0.1, 0.15) is 16.6 Å². The average Bonchev–Trinajstić information content (AvgIpc) is 2.43. The van der Waals surface area contributed by atoms with Crippen LogP contribution in [0.2, 0.25) is 10.0 Å². The molecule has 2 aromatic rings. The van der Waals surface area contributed by atoms with Gasteiger partial charge in [0.25, 0.3) is 0 Å². The molecule has 1 heterocycles. The van der Waals surface area contributed by atoms with E-state index in [1.807, 2.05) is 6.92 Å². The van der Waals surface area contributed by atoms with Crippen molar-refractivity contribution in [3.63, 3.8) is 0 Å². The summed E-state index contributed by atoms with van der Waals surface area (Å²) in [6, 6.07) is 5.92. The first-order valence-electron chi connectivity index (χ1n) is 6.08. The van der Waals surface area contributed by atoms with Crippen molar-refractivity contribution in [1.29, 1.82) is 0 Å². The van der Waals surface area contributed by atoms with E-state index < -0.39 is 5.82 Å². The molecule has 0 fully saturated rings. The summed E-state index contributed by atoms with van der Waals surface area (Å²) in [6.07, 6.45) is 1.66. The molecule has 0 saturated heterocycles. The van der Waals surface area contributed by atoms with E-state index in [2.05, 4.69) is 10.3 Å². The lowest BCUT2D eigenvalue weighted by atomic mass is 10.3. The zero-order valence-corrected chi connectivity index (χ0v) is 12.3. The number of nitrogens with zero attached hydrogens (tertiary/aromatic N) is 1. The summed E-state index contributed by atoms with van der Waals surface area (Å²) >= 11 is 11.7. The first-order valence-corrected chi connectivity index (χ1v) is 6.83. The highest BCUT2D eigenvalue weighted by Gasteiger charge is 2.08. The molecule has 0 aliphatic heterocycles. The van der Waals surface area contributed by atoms with E-state index in [0.717, 1.165) is 12.1 Å². The molecule has 106 valence electrons. The van der Waals surface area contributed by atoms with Gasteiger partial charge in [-0.05, 0) is 30.3 Å². The zero-order valence-electron chi connectivity index (χ0n) is 10.8. The van der Waals surface area contributed by atoms with Crippen molar-refractivity contribution in [1.82, 2.24) is 10.3 Å². The first-order chi connectivity index (χ1) is 9.60. The Hall–Kier alpha value is -1.36. The topological polar surface area (TPSA) is 34.2 Å². The normalized spacial score (nSPS) is 10.6. The van der Waals surface area contributed by atoms with E-state index >= 15 is 0 Å². The average molecular weight is 315 g/mol. The molecule has 3 nitrogen and oxygen atoms in total. The van der Waals surface area contributed by atoms with Gasteiger partial charge in [0.2, 0.25) is 5.88 Å². The van der Waals surface area contributed by atoms with Gasteiger partial charge in [-0.3, -0.25) is 0 Å². The van der Waals surface area contributed by atoms with Crippen LogP contribution >= 0.6 is 23.2 Å². The molecule has 0 bridgehead atoms. The standard InChI is InChI=1S/C14H13Cl2FN2O/c1-2-18-7-9-5-12(16)14(19-8-9)20-10-3-4-11(15)13(17)6-10/h3-6,8,18H,2,7H2,1H3. The Balaban J connectivity index is 2.14. The number of ether oxygens (including phenoxy) is 1. The molecule has 0 saturated carbocycles. The number of aromatic nitrogens is 1. The van der Waals surface area contributed by atoms with Crippen molar-refractivity contribution in [3.8, 4) is 11.6 Å². The summed E-state index contributed by atoms with van der Waals surface area (Å²) in [6.45, 7) is 3.56. The maximum Gasteiger partial charge on any atom is 0.238 e. The fourth-order valence-corrected chi connectivity index (χ4v) is 1.90. The first kappa shape index (κ1) is 15.0. The van der Waals surface area contributed by atoms with Crippen LogP contribution in [0.25, 0.3) is 0 Å². The Labute approximate surface area is 126 Å². The third-order valence-corrected chi connectivity index (χ3v) is 3.13. The predicted molar refractivity (Wildman–Crippen MR) is 78.1 cm³/mol. The lowest BCUT2D eigenvalue weighted by molar-refractivity contribution is 0.458. The molecule has 20 heavy (non-hydrogen) atoms. The molecule has 0 spiro atoms. The van der Waals surface area contributed by atoms with Gasteiger partial charge < -0.3 is 10.1 Å². The lowest BCUT2D eigenvalue weighted by Crippen LogP contribution is -2.11. The van der Waals surface area contributed by atoms with Gasteiger partial charge in [-0.1, -0.05) is 30.1 Å². The molecule has 2 rings (SSSR count). The SMILES string of the molecule is CCNCc1cnc(Oc2ccc(Cl)c(F)c2)c(Cl)c1. The summed E-state index contributed by atoms with van der Waals surface area (Å²) in [4.78, 5) is 4.13. The number of benzene rings is 1. The molecule has 0 radical (unpaired) electrons. The van der Waals surface area contributed by atoms with Crippen molar-refractivity contribution in [3.05, 3.63) is 51.9 Å². The molecule has 0 atom stereocenters. The van der Waals surface area contributed by atoms with Gasteiger partial charge >= 0.3 is 0 Å². The second kappa shape index (κ2) is 6.88. The Bertz CT molecular complexity index is 608. The van der Waals surface area contributed by atoms with Crippen molar-refractivity contribution < 1.29 is 9.13 Å². The Morgan fingerprint density at radius 3 is 2.70 bits per heavy atom. The molecular formula is C14H13Cl2FN2O.